The summed E-state index contributed by atoms with van der Waals surface area (Å²) in [6.45, 7) is 3.90. The van der Waals surface area contributed by atoms with Crippen LogP contribution in [-0.2, 0) is 10.0 Å². The van der Waals surface area contributed by atoms with Crippen molar-refractivity contribution in [2.24, 2.45) is 0 Å². The molecule has 0 aliphatic heterocycles. The number of nitrogens with zero attached hydrogens (tertiary/aromatic N) is 1. The lowest BCUT2D eigenvalue weighted by Crippen LogP contribution is -2.34. The van der Waals surface area contributed by atoms with Crippen LogP contribution in [0.15, 0.2) is 0 Å². The Morgan fingerprint density at radius 3 is 2.57 bits per heavy atom. The monoisotopic (exact) mass is 240 g/mol. The van der Waals surface area contributed by atoms with E-state index < -0.39 is 10.0 Å². The quantitative estimate of drug-likeness (QED) is 0.617. The molecule has 4 nitrogen and oxygen atoms in total. The summed E-state index contributed by atoms with van der Waals surface area (Å²) in [5.74, 6) is 1.03. The van der Waals surface area contributed by atoms with Crippen LogP contribution in [0.5, 0.6) is 0 Å². The van der Waals surface area contributed by atoms with Gasteiger partial charge in [-0.25, -0.2) is 12.7 Å². The number of hydrogen-bond acceptors (Lipinski definition) is 4. The third kappa shape index (κ3) is 5.85. The average Bonchev–Trinajstić information content (AvgIpc) is 2.14. The van der Waals surface area contributed by atoms with Crippen LogP contribution >= 0.6 is 11.8 Å². The van der Waals surface area contributed by atoms with Crippen LogP contribution in [-0.4, -0.2) is 57.2 Å². The first-order valence-electron chi connectivity index (χ1n) is 4.68. The summed E-state index contributed by atoms with van der Waals surface area (Å²) in [6.07, 6.45) is 1.97. The minimum absolute atomic E-state index is 0.186. The summed E-state index contributed by atoms with van der Waals surface area (Å²) < 4.78 is 24.6. The fourth-order valence-electron chi connectivity index (χ4n) is 0.893. The summed E-state index contributed by atoms with van der Waals surface area (Å²) in [7, 11) is -1.41. The van der Waals surface area contributed by atoms with Gasteiger partial charge in [0, 0.05) is 25.9 Å². The van der Waals surface area contributed by atoms with Crippen LogP contribution in [0.2, 0.25) is 0 Å². The fraction of sp³-hybridized carbons (Fsp3) is 1.00. The SMILES string of the molecule is CCNCCS(=O)(=O)N(C)CCSC. The average molecular weight is 240 g/mol. The van der Waals surface area contributed by atoms with Crippen molar-refractivity contribution < 1.29 is 8.42 Å². The molecule has 0 rings (SSSR count). The van der Waals surface area contributed by atoms with Crippen LogP contribution in [0.25, 0.3) is 0 Å². The minimum Gasteiger partial charge on any atom is -0.316 e. The second-order valence-electron chi connectivity index (χ2n) is 2.98. The van der Waals surface area contributed by atoms with Gasteiger partial charge in [0.1, 0.15) is 0 Å². The van der Waals surface area contributed by atoms with Gasteiger partial charge in [-0.1, -0.05) is 6.92 Å². The summed E-state index contributed by atoms with van der Waals surface area (Å²) in [6, 6.07) is 0. The molecule has 0 aromatic carbocycles. The normalized spacial score (nSPS) is 12.3. The third-order valence-electron chi connectivity index (χ3n) is 1.87. The lowest BCUT2D eigenvalue weighted by molar-refractivity contribution is 0.487. The first kappa shape index (κ1) is 14.2. The summed E-state index contributed by atoms with van der Waals surface area (Å²) in [5.41, 5.74) is 0. The van der Waals surface area contributed by atoms with E-state index in [1.807, 2.05) is 13.2 Å². The predicted octanol–water partition coefficient (Wildman–Crippen LogP) is 0.221. The van der Waals surface area contributed by atoms with Gasteiger partial charge < -0.3 is 5.32 Å². The molecule has 0 saturated heterocycles. The molecule has 0 heterocycles. The van der Waals surface area contributed by atoms with Crippen molar-refractivity contribution >= 4 is 21.8 Å². The molecule has 0 bridgehead atoms. The molecule has 86 valence electrons. The molecule has 0 fully saturated rings. The second-order valence-corrected chi connectivity index (χ2v) is 6.16. The summed E-state index contributed by atoms with van der Waals surface area (Å²) >= 11 is 1.65. The molecule has 0 saturated carbocycles. The molecule has 0 aliphatic rings. The Labute approximate surface area is 91.5 Å². The van der Waals surface area contributed by atoms with E-state index in [9.17, 15) is 8.42 Å². The molecule has 0 radical (unpaired) electrons. The molecule has 1 N–H and O–H groups in total. The molecule has 0 aromatic rings. The van der Waals surface area contributed by atoms with Gasteiger partial charge in [0.05, 0.1) is 5.75 Å². The van der Waals surface area contributed by atoms with Gasteiger partial charge in [0.15, 0.2) is 0 Å². The van der Waals surface area contributed by atoms with E-state index in [1.165, 1.54) is 4.31 Å². The minimum atomic E-state index is -3.05. The van der Waals surface area contributed by atoms with Gasteiger partial charge in [-0.15, -0.1) is 0 Å². The molecule has 0 aliphatic carbocycles. The zero-order valence-corrected chi connectivity index (χ0v) is 10.7. The first-order valence-corrected chi connectivity index (χ1v) is 7.68. The highest BCUT2D eigenvalue weighted by atomic mass is 32.2. The highest BCUT2D eigenvalue weighted by Gasteiger charge is 2.15. The van der Waals surface area contributed by atoms with Crippen LogP contribution in [0.1, 0.15) is 6.92 Å². The second kappa shape index (κ2) is 7.50. The highest BCUT2D eigenvalue weighted by molar-refractivity contribution is 7.98. The van der Waals surface area contributed by atoms with Gasteiger partial charge in [-0.05, 0) is 12.8 Å². The molecule has 0 amide bonds. The van der Waals surface area contributed by atoms with Crippen molar-refractivity contribution in [1.82, 2.24) is 9.62 Å². The number of hydrogen-bond donors (Lipinski definition) is 1. The Morgan fingerprint density at radius 2 is 2.07 bits per heavy atom. The van der Waals surface area contributed by atoms with Crippen molar-refractivity contribution in [3.8, 4) is 0 Å². The Kier molecular flexibility index (Phi) is 7.62. The summed E-state index contributed by atoms with van der Waals surface area (Å²) in [5, 5.41) is 3.00. The Balaban J connectivity index is 3.91. The lowest BCUT2D eigenvalue weighted by atomic mass is 10.7. The Morgan fingerprint density at radius 1 is 1.43 bits per heavy atom. The fourth-order valence-corrected chi connectivity index (χ4v) is 2.55. The number of nitrogens with one attached hydrogen (secondary N) is 1. The molecular weight excluding hydrogens is 220 g/mol. The van der Waals surface area contributed by atoms with E-state index in [0.717, 1.165) is 12.3 Å². The molecular formula is C8H20N2O2S2. The van der Waals surface area contributed by atoms with E-state index in [-0.39, 0.29) is 5.75 Å². The van der Waals surface area contributed by atoms with Crippen LogP contribution < -0.4 is 5.32 Å². The van der Waals surface area contributed by atoms with Crippen LogP contribution in [0.3, 0.4) is 0 Å². The van der Waals surface area contributed by atoms with Gasteiger partial charge in [0.25, 0.3) is 0 Å². The van der Waals surface area contributed by atoms with Gasteiger partial charge in [-0.2, -0.15) is 11.8 Å². The highest BCUT2D eigenvalue weighted by Crippen LogP contribution is 2.00. The van der Waals surface area contributed by atoms with Crippen LogP contribution in [0, 0.1) is 0 Å². The largest absolute Gasteiger partial charge is 0.316 e. The molecule has 0 atom stereocenters. The predicted molar refractivity (Wildman–Crippen MR) is 63.3 cm³/mol. The first-order chi connectivity index (χ1) is 6.54. The number of rotatable bonds is 8. The van der Waals surface area contributed by atoms with Crippen molar-refractivity contribution in [3.05, 3.63) is 0 Å². The van der Waals surface area contributed by atoms with Crippen molar-refractivity contribution in [1.29, 1.82) is 0 Å². The van der Waals surface area contributed by atoms with E-state index in [4.69, 9.17) is 0 Å². The van der Waals surface area contributed by atoms with Gasteiger partial charge in [0.2, 0.25) is 10.0 Å². The standard InChI is InChI=1S/C8H20N2O2S2/c1-4-9-5-8-14(11,12)10(2)6-7-13-3/h9H,4-8H2,1-3H3. The molecule has 0 spiro atoms. The topological polar surface area (TPSA) is 49.4 Å². The van der Waals surface area contributed by atoms with Gasteiger partial charge in [-0.3, -0.25) is 0 Å². The number of sulfonamides is 1. The third-order valence-corrected chi connectivity index (χ3v) is 4.32. The lowest BCUT2D eigenvalue weighted by Gasteiger charge is -2.16. The van der Waals surface area contributed by atoms with Crippen molar-refractivity contribution in [3.63, 3.8) is 0 Å². The molecule has 6 heteroatoms. The van der Waals surface area contributed by atoms with E-state index in [0.29, 0.717) is 13.1 Å². The maximum absolute atomic E-state index is 11.6. The zero-order valence-electron chi connectivity index (χ0n) is 9.12. The van der Waals surface area contributed by atoms with Crippen LogP contribution in [0.4, 0.5) is 0 Å². The zero-order chi connectivity index (χ0) is 11.0. The van der Waals surface area contributed by atoms with E-state index >= 15 is 0 Å². The number of thioether (sulfide) groups is 1. The van der Waals surface area contributed by atoms with Crippen molar-refractivity contribution in [2.75, 3.05) is 44.4 Å². The molecule has 14 heavy (non-hydrogen) atoms. The smallest absolute Gasteiger partial charge is 0.215 e. The van der Waals surface area contributed by atoms with Gasteiger partial charge >= 0.3 is 0 Å². The molecule has 0 unspecified atom stereocenters. The summed E-state index contributed by atoms with van der Waals surface area (Å²) in [4.78, 5) is 0. The molecule has 0 aromatic heterocycles. The maximum Gasteiger partial charge on any atom is 0.215 e. The Hall–Kier alpha value is 0.220. The van der Waals surface area contributed by atoms with E-state index in [2.05, 4.69) is 5.32 Å². The van der Waals surface area contributed by atoms with E-state index in [1.54, 1.807) is 18.8 Å². The maximum atomic E-state index is 11.6. The van der Waals surface area contributed by atoms with Crippen molar-refractivity contribution in [2.45, 2.75) is 6.92 Å². The Bertz CT molecular complexity index is 229.